The van der Waals surface area contributed by atoms with Crippen molar-refractivity contribution >= 4 is 33.3 Å². The van der Waals surface area contributed by atoms with E-state index in [1.54, 1.807) is 0 Å². The molecule has 5 N–H and O–H groups in total. The quantitative estimate of drug-likeness (QED) is 0.387. The summed E-state index contributed by atoms with van der Waals surface area (Å²) in [6.07, 6.45) is 3.74. The smallest absolute Gasteiger partial charge is 0.240 e. The molecule has 7 heteroatoms. The number of fused-ring (bicyclic) bond motifs is 10. The summed E-state index contributed by atoms with van der Waals surface area (Å²) in [6, 6.07) is 10.6. The van der Waals surface area contributed by atoms with Gasteiger partial charge in [-0.2, -0.15) is 9.49 Å². The number of hydrogen-bond acceptors (Lipinski definition) is 4. The molecule has 2 aromatic carbocycles. The fourth-order valence-electron chi connectivity index (χ4n) is 6.63. The van der Waals surface area contributed by atoms with E-state index in [9.17, 15) is 4.39 Å². The molecule has 0 amide bonds. The number of benzene rings is 2. The molecule has 2 aromatic heterocycles. The van der Waals surface area contributed by atoms with E-state index in [0.717, 1.165) is 27.7 Å². The van der Waals surface area contributed by atoms with Gasteiger partial charge in [0.1, 0.15) is 0 Å². The highest BCUT2D eigenvalue weighted by molar-refractivity contribution is 5.91. The number of nitrogens with zero attached hydrogens (tertiary/aromatic N) is 2. The van der Waals surface area contributed by atoms with E-state index in [0.29, 0.717) is 34.9 Å². The van der Waals surface area contributed by atoms with Crippen LogP contribution in [0.25, 0.3) is 21.8 Å². The van der Waals surface area contributed by atoms with Gasteiger partial charge in [-0.1, -0.05) is 6.07 Å². The largest absolute Gasteiger partial charge is 0.382 e. The minimum absolute atomic E-state index is 0.189. The SMILES string of the molecule is Nc1n[nH]c2ccc([C@@H]3Nc4ccc5[nH]nc(F)c5c4[C@H]4[C@@H]5CC[C@@H](C5)[C@H]43)cc12. The summed E-state index contributed by atoms with van der Waals surface area (Å²) in [4.78, 5) is 0. The molecule has 2 aliphatic carbocycles. The number of rotatable bonds is 1. The van der Waals surface area contributed by atoms with Crippen LogP contribution < -0.4 is 11.1 Å². The summed E-state index contributed by atoms with van der Waals surface area (Å²) in [5.74, 6) is 2.25. The third kappa shape index (κ3) is 1.95. The van der Waals surface area contributed by atoms with Crippen LogP contribution in [0.1, 0.15) is 42.3 Å². The highest BCUT2D eigenvalue weighted by Crippen LogP contribution is 2.64. The summed E-state index contributed by atoms with van der Waals surface area (Å²) in [5, 5.41) is 19.2. The second-order valence-electron chi connectivity index (χ2n) is 8.94. The zero-order valence-corrected chi connectivity index (χ0v) is 15.7. The second kappa shape index (κ2) is 5.28. The maximum absolute atomic E-state index is 14.6. The van der Waals surface area contributed by atoms with E-state index in [4.69, 9.17) is 5.73 Å². The van der Waals surface area contributed by atoms with E-state index >= 15 is 0 Å². The third-order valence-corrected chi connectivity index (χ3v) is 7.71. The normalized spacial score (nSPS) is 29.9. The Morgan fingerprint density at radius 1 is 1.00 bits per heavy atom. The standard InChI is InChI=1S/C22H21FN6/c23-21-19-15(27-28-21)6-5-14-18(19)16-9-1-2-10(7-9)17(16)20(25-14)11-3-4-13-12(8-11)22(24)29-26-13/h3-6,8-10,16-17,20,25H,1-2,7H2,(H,27,28)(H3,24,26,29)/t9-,10+,16+,17-,20+/m1/s1. The van der Waals surface area contributed by atoms with Gasteiger partial charge in [0, 0.05) is 11.1 Å². The van der Waals surface area contributed by atoms with Gasteiger partial charge < -0.3 is 11.1 Å². The first-order valence-electron chi connectivity index (χ1n) is 10.4. The van der Waals surface area contributed by atoms with Crippen molar-refractivity contribution in [1.82, 2.24) is 20.4 Å². The van der Waals surface area contributed by atoms with E-state index in [1.165, 1.54) is 24.8 Å². The van der Waals surface area contributed by atoms with Crippen LogP contribution in [0.3, 0.4) is 0 Å². The maximum Gasteiger partial charge on any atom is 0.240 e. The number of anilines is 2. The number of nitrogens with two attached hydrogens (primary N) is 1. The Hall–Kier alpha value is -3.09. The third-order valence-electron chi connectivity index (χ3n) is 7.71. The lowest BCUT2D eigenvalue weighted by atomic mass is 9.67. The highest BCUT2D eigenvalue weighted by atomic mass is 19.1. The number of nitrogens with one attached hydrogen (secondary N) is 3. The molecular formula is C22H21FN6. The zero-order valence-electron chi connectivity index (χ0n) is 15.7. The van der Waals surface area contributed by atoms with Gasteiger partial charge >= 0.3 is 0 Å². The van der Waals surface area contributed by atoms with Crippen molar-refractivity contribution in [2.45, 2.75) is 31.2 Å². The van der Waals surface area contributed by atoms with Gasteiger partial charge in [0.2, 0.25) is 5.95 Å². The van der Waals surface area contributed by atoms with E-state index in [1.807, 2.05) is 6.07 Å². The van der Waals surface area contributed by atoms with Gasteiger partial charge in [0.25, 0.3) is 0 Å². The average Bonchev–Trinajstić information content (AvgIpc) is 3.52. The van der Waals surface area contributed by atoms with E-state index < -0.39 is 0 Å². The van der Waals surface area contributed by atoms with Gasteiger partial charge in [-0.25, -0.2) is 0 Å². The van der Waals surface area contributed by atoms with Crippen molar-refractivity contribution in [3.63, 3.8) is 0 Å². The van der Waals surface area contributed by atoms with Crippen molar-refractivity contribution in [2.24, 2.45) is 17.8 Å². The second-order valence-corrected chi connectivity index (χ2v) is 8.94. The van der Waals surface area contributed by atoms with E-state index in [-0.39, 0.29) is 12.0 Å². The lowest BCUT2D eigenvalue weighted by Crippen LogP contribution is -2.35. The molecule has 29 heavy (non-hydrogen) atoms. The van der Waals surface area contributed by atoms with Gasteiger partial charge in [0.05, 0.1) is 22.5 Å². The highest BCUT2D eigenvalue weighted by Gasteiger charge is 2.54. The first-order chi connectivity index (χ1) is 14.2. The Labute approximate surface area is 166 Å². The van der Waals surface area contributed by atoms with Crippen molar-refractivity contribution < 1.29 is 4.39 Å². The first kappa shape index (κ1) is 15.8. The molecule has 3 aliphatic rings. The predicted molar refractivity (Wildman–Crippen MR) is 110 cm³/mol. The molecule has 6 nitrogen and oxygen atoms in total. The Balaban J connectivity index is 1.45. The van der Waals surface area contributed by atoms with Crippen LogP contribution in [0, 0.1) is 23.7 Å². The Morgan fingerprint density at radius 3 is 2.76 bits per heavy atom. The van der Waals surface area contributed by atoms with Gasteiger partial charge in [-0.05, 0) is 78.3 Å². The number of halogens is 1. The Kier molecular flexibility index (Phi) is 2.88. The molecule has 1 aliphatic heterocycles. The molecule has 0 saturated heterocycles. The van der Waals surface area contributed by atoms with Crippen molar-refractivity contribution in [3.05, 3.63) is 47.4 Å². The van der Waals surface area contributed by atoms with E-state index in [2.05, 4.69) is 50.0 Å². The molecule has 7 rings (SSSR count). The monoisotopic (exact) mass is 388 g/mol. The number of H-pyrrole nitrogens is 2. The Morgan fingerprint density at radius 2 is 1.83 bits per heavy atom. The Bertz CT molecular complexity index is 1290. The minimum atomic E-state index is -0.383. The van der Waals surface area contributed by atoms with Gasteiger partial charge in [0.15, 0.2) is 5.82 Å². The molecule has 4 aromatic rings. The number of aromatic amines is 2. The van der Waals surface area contributed by atoms with Crippen LogP contribution >= 0.6 is 0 Å². The fourth-order valence-corrected chi connectivity index (χ4v) is 6.63. The molecule has 2 bridgehead atoms. The van der Waals surface area contributed by atoms with Crippen LogP contribution in [0.4, 0.5) is 15.9 Å². The van der Waals surface area contributed by atoms with Crippen molar-refractivity contribution in [2.75, 3.05) is 11.1 Å². The molecular weight excluding hydrogens is 367 g/mol. The molecule has 5 atom stereocenters. The summed E-state index contributed by atoms with van der Waals surface area (Å²) in [6.45, 7) is 0. The van der Waals surface area contributed by atoms with Gasteiger partial charge in [-0.15, -0.1) is 5.10 Å². The fraction of sp³-hybridized carbons (Fsp3) is 0.364. The van der Waals surface area contributed by atoms with Crippen LogP contribution in [-0.2, 0) is 0 Å². The van der Waals surface area contributed by atoms with Crippen molar-refractivity contribution in [1.29, 1.82) is 0 Å². The molecule has 2 saturated carbocycles. The number of nitrogen functional groups attached to an aromatic ring is 1. The minimum Gasteiger partial charge on any atom is -0.382 e. The predicted octanol–water partition coefficient (Wildman–Crippen LogP) is 4.46. The summed E-state index contributed by atoms with van der Waals surface area (Å²) in [5.41, 5.74) is 11.2. The maximum atomic E-state index is 14.6. The van der Waals surface area contributed by atoms with Crippen LogP contribution in [0.2, 0.25) is 0 Å². The topological polar surface area (TPSA) is 95.4 Å². The van der Waals surface area contributed by atoms with Gasteiger partial charge in [-0.3, -0.25) is 10.2 Å². The lowest BCUT2D eigenvalue weighted by molar-refractivity contribution is 0.249. The van der Waals surface area contributed by atoms with Crippen LogP contribution in [0.5, 0.6) is 0 Å². The summed E-state index contributed by atoms with van der Waals surface area (Å²) >= 11 is 0. The molecule has 0 unspecified atom stereocenters. The summed E-state index contributed by atoms with van der Waals surface area (Å²) < 4.78 is 14.6. The molecule has 3 heterocycles. The number of aromatic nitrogens is 4. The molecule has 0 radical (unpaired) electrons. The molecule has 0 spiro atoms. The number of hydrogen-bond donors (Lipinski definition) is 4. The van der Waals surface area contributed by atoms with Crippen LogP contribution in [0.15, 0.2) is 30.3 Å². The lowest BCUT2D eigenvalue weighted by Gasteiger charge is -2.43. The first-order valence-corrected chi connectivity index (χ1v) is 10.4. The molecule has 146 valence electrons. The van der Waals surface area contributed by atoms with Crippen LogP contribution in [-0.4, -0.2) is 20.4 Å². The van der Waals surface area contributed by atoms with Crippen molar-refractivity contribution in [3.8, 4) is 0 Å². The summed E-state index contributed by atoms with van der Waals surface area (Å²) in [7, 11) is 0. The molecule has 2 fully saturated rings. The average molecular weight is 388 g/mol. The zero-order chi connectivity index (χ0) is 19.3.